The van der Waals surface area contributed by atoms with Crippen LogP contribution in [-0.4, -0.2) is 50.9 Å². The van der Waals surface area contributed by atoms with Crippen molar-refractivity contribution in [2.24, 2.45) is 10.3 Å². The number of hydrogen-bond acceptors (Lipinski definition) is 9. The summed E-state index contributed by atoms with van der Waals surface area (Å²) in [5.74, 6) is -1.60. The maximum absolute atomic E-state index is 11.0. The van der Waals surface area contributed by atoms with Gasteiger partial charge in [0.25, 0.3) is 5.56 Å². The lowest BCUT2D eigenvalue weighted by molar-refractivity contribution is 0.0553. The number of rotatable bonds is 7. The number of aromatic nitrogens is 2. The predicted octanol–water partition coefficient (Wildman–Crippen LogP) is -0.419. The van der Waals surface area contributed by atoms with Gasteiger partial charge in [-0.25, -0.2) is 4.79 Å². The molecule has 2 rings (SSSR count). The van der Waals surface area contributed by atoms with E-state index < -0.39 is 28.5 Å². The number of hydrogen-bond donors (Lipinski definition) is 5. The van der Waals surface area contributed by atoms with Crippen molar-refractivity contribution in [3.8, 4) is 17.2 Å². The van der Waals surface area contributed by atoms with Gasteiger partial charge in [0, 0.05) is 11.6 Å². The third-order valence-corrected chi connectivity index (χ3v) is 2.68. The molecule has 0 atom stereocenters. The maximum atomic E-state index is 11.0. The Morgan fingerprint density at radius 3 is 2.12 bits per heavy atom. The molecule has 11 nitrogen and oxygen atoms in total. The standard InChI is InChI=1S/C14H14N4O7/c19-10-3-8(4-11(20)13(10)22)6-15-24-1-2-25-16-7-9-5-12(21)18-14(23)17-9/h3-7,19-20,22H,1-2H2,(H2,17,18,21,23)/b15-6+,16-7+. The molecular weight excluding hydrogens is 336 g/mol. The average molecular weight is 350 g/mol. The van der Waals surface area contributed by atoms with Crippen molar-refractivity contribution in [3.05, 3.63) is 50.3 Å². The van der Waals surface area contributed by atoms with Gasteiger partial charge in [0.2, 0.25) is 0 Å². The highest BCUT2D eigenvalue weighted by atomic mass is 16.7. The van der Waals surface area contributed by atoms with Crippen molar-refractivity contribution < 1.29 is 25.0 Å². The molecule has 0 saturated carbocycles. The molecule has 11 heteroatoms. The zero-order valence-electron chi connectivity index (χ0n) is 12.7. The van der Waals surface area contributed by atoms with Crippen LogP contribution in [-0.2, 0) is 9.68 Å². The monoisotopic (exact) mass is 350 g/mol. The second-order valence-corrected chi connectivity index (χ2v) is 4.59. The molecule has 0 aliphatic carbocycles. The van der Waals surface area contributed by atoms with E-state index in [0.717, 1.165) is 12.3 Å². The molecule has 0 fully saturated rings. The van der Waals surface area contributed by atoms with Crippen molar-refractivity contribution in [1.29, 1.82) is 0 Å². The number of oxime groups is 2. The van der Waals surface area contributed by atoms with Crippen molar-refractivity contribution in [3.63, 3.8) is 0 Å². The highest BCUT2D eigenvalue weighted by Crippen LogP contribution is 2.34. The van der Waals surface area contributed by atoms with Crippen LogP contribution in [0.1, 0.15) is 11.3 Å². The van der Waals surface area contributed by atoms with Crippen LogP contribution < -0.4 is 11.2 Å². The lowest BCUT2D eigenvalue weighted by Crippen LogP contribution is -2.22. The summed E-state index contributed by atoms with van der Waals surface area (Å²) in [4.78, 5) is 36.1. The SMILES string of the molecule is O=c1cc(/C=N/OCCO/N=C/c2cc(O)c(O)c(O)c2)[nH]c(=O)[nH]1. The Morgan fingerprint density at radius 1 is 0.920 bits per heavy atom. The Morgan fingerprint density at radius 2 is 1.52 bits per heavy atom. The highest BCUT2D eigenvalue weighted by molar-refractivity contribution is 5.81. The van der Waals surface area contributed by atoms with E-state index in [9.17, 15) is 24.9 Å². The number of nitrogens with one attached hydrogen (secondary N) is 2. The Labute approximate surface area is 139 Å². The molecule has 1 heterocycles. The van der Waals surface area contributed by atoms with Gasteiger partial charge in [-0.1, -0.05) is 10.3 Å². The highest BCUT2D eigenvalue weighted by Gasteiger charge is 2.06. The van der Waals surface area contributed by atoms with Crippen LogP contribution in [0, 0.1) is 0 Å². The van der Waals surface area contributed by atoms with E-state index in [1.54, 1.807) is 0 Å². The molecule has 0 spiro atoms. The number of aromatic amines is 2. The lowest BCUT2D eigenvalue weighted by Gasteiger charge is -2.02. The smallest absolute Gasteiger partial charge is 0.326 e. The molecule has 25 heavy (non-hydrogen) atoms. The Kier molecular flexibility index (Phi) is 5.77. The molecule has 2 aromatic rings. The maximum Gasteiger partial charge on any atom is 0.326 e. The molecule has 1 aromatic heterocycles. The zero-order chi connectivity index (χ0) is 18.2. The minimum atomic E-state index is -0.655. The molecule has 1 aromatic carbocycles. The lowest BCUT2D eigenvalue weighted by atomic mass is 10.2. The van der Waals surface area contributed by atoms with Gasteiger partial charge < -0.3 is 30.0 Å². The van der Waals surface area contributed by atoms with Gasteiger partial charge in [0.1, 0.15) is 0 Å². The normalized spacial score (nSPS) is 11.2. The van der Waals surface area contributed by atoms with Gasteiger partial charge in [0.15, 0.2) is 30.5 Å². The van der Waals surface area contributed by atoms with Crippen LogP contribution in [0.15, 0.2) is 38.1 Å². The second-order valence-electron chi connectivity index (χ2n) is 4.59. The van der Waals surface area contributed by atoms with Crippen LogP contribution in [0.2, 0.25) is 0 Å². The molecule has 0 aliphatic rings. The van der Waals surface area contributed by atoms with E-state index in [0.29, 0.717) is 5.56 Å². The summed E-state index contributed by atoms with van der Waals surface area (Å²) >= 11 is 0. The van der Waals surface area contributed by atoms with Crippen LogP contribution in [0.25, 0.3) is 0 Å². The molecule has 0 bridgehead atoms. The van der Waals surface area contributed by atoms with Gasteiger partial charge in [-0.15, -0.1) is 0 Å². The molecule has 132 valence electrons. The molecule has 0 saturated heterocycles. The average Bonchev–Trinajstić information content (AvgIpc) is 2.54. The van der Waals surface area contributed by atoms with Crippen molar-refractivity contribution in [2.75, 3.05) is 13.2 Å². The molecule has 0 aliphatic heterocycles. The molecule has 5 N–H and O–H groups in total. The van der Waals surface area contributed by atoms with E-state index >= 15 is 0 Å². The van der Waals surface area contributed by atoms with Gasteiger partial charge in [0.05, 0.1) is 18.1 Å². The van der Waals surface area contributed by atoms with Crippen LogP contribution in [0.5, 0.6) is 17.2 Å². The predicted molar refractivity (Wildman–Crippen MR) is 86.2 cm³/mol. The second kappa shape index (κ2) is 8.19. The first-order valence-electron chi connectivity index (χ1n) is 6.85. The Balaban J connectivity index is 1.74. The van der Waals surface area contributed by atoms with Gasteiger partial charge in [-0.3, -0.25) is 9.78 Å². The van der Waals surface area contributed by atoms with Crippen molar-refractivity contribution >= 4 is 12.4 Å². The summed E-state index contributed by atoms with van der Waals surface area (Å²) in [5.41, 5.74) is -0.725. The first-order chi connectivity index (χ1) is 12.0. The minimum absolute atomic E-state index is 0.0351. The van der Waals surface area contributed by atoms with Crippen molar-refractivity contribution in [1.82, 2.24) is 9.97 Å². The fourth-order valence-corrected chi connectivity index (χ4v) is 1.63. The molecule has 0 unspecified atom stereocenters. The largest absolute Gasteiger partial charge is 0.504 e. The van der Waals surface area contributed by atoms with E-state index in [1.165, 1.54) is 18.3 Å². The molecule has 0 amide bonds. The number of phenols is 3. The van der Waals surface area contributed by atoms with E-state index in [-0.39, 0.29) is 18.9 Å². The van der Waals surface area contributed by atoms with E-state index in [1.807, 2.05) is 4.98 Å². The number of phenolic OH excluding ortho intramolecular Hbond substituents is 3. The Hall–Kier alpha value is -3.76. The van der Waals surface area contributed by atoms with Gasteiger partial charge in [-0.05, 0) is 12.1 Å². The van der Waals surface area contributed by atoms with Crippen LogP contribution in [0.3, 0.4) is 0 Å². The van der Waals surface area contributed by atoms with E-state index in [4.69, 9.17) is 9.68 Å². The van der Waals surface area contributed by atoms with E-state index in [2.05, 4.69) is 15.3 Å². The van der Waals surface area contributed by atoms with Crippen LogP contribution >= 0.6 is 0 Å². The summed E-state index contributed by atoms with van der Waals surface area (Å²) in [6.07, 6.45) is 2.37. The number of H-pyrrole nitrogens is 2. The minimum Gasteiger partial charge on any atom is -0.504 e. The summed E-state index contributed by atoms with van der Waals surface area (Å²) in [6, 6.07) is 3.51. The third-order valence-electron chi connectivity index (χ3n) is 2.68. The Bertz CT molecular complexity index is 849. The number of aromatic hydroxyl groups is 3. The topological polar surface area (TPSA) is 170 Å². The van der Waals surface area contributed by atoms with Crippen LogP contribution in [0.4, 0.5) is 0 Å². The zero-order valence-corrected chi connectivity index (χ0v) is 12.7. The number of nitrogens with zero attached hydrogens (tertiary/aromatic N) is 2. The van der Waals surface area contributed by atoms with Gasteiger partial charge >= 0.3 is 5.69 Å². The van der Waals surface area contributed by atoms with Crippen molar-refractivity contribution in [2.45, 2.75) is 0 Å². The fourth-order valence-electron chi connectivity index (χ4n) is 1.63. The first-order valence-corrected chi connectivity index (χ1v) is 6.85. The molecular formula is C14H14N4O7. The summed E-state index contributed by atoms with van der Waals surface area (Å²) < 4.78 is 0. The summed E-state index contributed by atoms with van der Waals surface area (Å²) in [7, 11) is 0. The fraction of sp³-hybridized carbons (Fsp3) is 0.143. The first kappa shape index (κ1) is 17.6. The summed E-state index contributed by atoms with van der Waals surface area (Å²) in [6.45, 7) is 0.0725. The quantitative estimate of drug-likeness (QED) is 0.195. The summed E-state index contributed by atoms with van der Waals surface area (Å²) in [5, 5.41) is 34.9. The van der Waals surface area contributed by atoms with Gasteiger partial charge in [-0.2, -0.15) is 0 Å². The molecule has 0 radical (unpaired) electrons. The third kappa shape index (κ3) is 5.42. The number of benzene rings is 1.